The average Bonchev–Trinajstić information content (AvgIpc) is 2.15. The lowest BCUT2D eigenvalue weighted by Gasteiger charge is -2.02. The standard InChI is InChI=1S/C8H14N4OS/c1-14(13)4-2-3-10-8-11-5-7(9)6-12-8/h5-6H,2-4,9H2,1H3,(H,10,11,12). The van der Waals surface area contributed by atoms with Crippen LogP contribution >= 0.6 is 0 Å². The molecule has 5 nitrogen and oxygen atoms in total. The molecule has 78 valence electrons. The summed E-state index contributed by atoms with van der Waals surface area (Å²) in [6, 6.07) is 0. The number of hydrogen-bond donors (Lipinski definition) is 2. The van der Waals surface area contributed by atoms with Crippen LogP contribution in [-0.4, -0.2) is 32.7 Å². The van der Waals surface area contributed by atoms with Gasteiger partial charge >= 0.3 is 0 Å². The van der Waals surface area contributed by atoms with Gasteiger partial charge in [0, 0.05) is 29.4 Å². The molecular weight excluding hydrogens is 200 g/mol. The van der Waals surface area contributed by atoms with Crippen LogP contribution in [0.2, 0.25) is 0 Å². The molecule has 0 spiro atoms. The van der Waals surface area contributed by atoms with Crippen molar-refractivity contribution in [1.82, 2.24) is 9.97 Å². The van der Waals surface area contributed by atoms with Crippen molar-refractivity contribution >= 4 is 22.4 Å². The Bertz CT molecular complexity index is 301. The molecule has 1 rings (SSSR count). The van der Waals surface area contributed by atoms with E-state index >= 15 is 0 Å². The number of nitrogen functional groups attached to an aromatic ring is 1. The van der Waals surface area contributed by atoms with Gasteiger partial charge in [0.1, 0.15) is 0 Å². The molecule has 0 saturated carbocycles. The Hall–Kier alpha value is -1.17. The lowest BCUT2D eigenvalue weighted by Crippen LogP contribution is -2.08. The molecule has 0 aromatic carbocycles. The molecule has 1 atom stereocenters. The maximum Gasteiger partial charge on any atom is 0.222 e. The van der Waals surface area contributed by atoms with Crippen molar-refractivity contribution in [2.75, 3.05) is 29.6 Å². The second-order valence-electron chi connectivity index (χ2n) is 2.90. The zero-order valence-electron chi connectivity index (χ0n) is 8.06. The number of hydrogen-bond acceptors (Lipinski definition) is 5. The Morgan fingerprint density at radius 1 is 1.50 bits per heavy atom. The monoisotopic (exact) mass is 214 g/mol. The number of anilines is 2. The van der Waals surface area contributed by atoms with E-state index in [2.05, 4.69) is 15.3 Å². The predicted octanol–water partition coefficient (Wildman–Crippen LogP) is 0.239. The summed E-state index contributed by atoms with van der Waals surface area (Å²) in [6.07, 6.45) is 5.64. The van der Waals surface area contributed by atoms with Gasteiger partial charge in [0.05, 0.1) is 18.1 Å². The highest BCUT2D eigenvalue weighted by atomic mass is 32.2. The highest BCUT2D eigenvalue weighted by Gasteiger charge is 1.95. The van der Waals surface area contributed by atoms with Crippen LogP contribution in [0.4, 0.5) is 11.6 Å². The third-order valence-electron chi connectivity index (χ3n) is 1.56. The zero-order valence-corrected chi connectivity index (χ0v) is 8.88. The Balaban J connectivity index is 2.25. The summed E-state index contributed by atoms with van der Waals surface area (Å²) in [5, 5.41) is 3.01. The van der Waals surface area contributed by atoms with Gasteiger partial charge in [-0.25, -0.2) is 9.97 Å². The number of nitrogens with one attached hydrogen (secondary N) is 1. The molecule has 0 aliphatic heterocycles. The third-order valence-corrected chi connectivity index (χ3v) is 2.43. The highest BCUT2D eigenvalue weighted by Crippen LogP contribution is 2.00. The zero-order chi connectivity index (χ0) is 10.4. The summed E-state index contributed by atoms with van der Waals surface area (Å²) in [6.45, 7) is 0.726. The molecule has 0 aliphatic rings. The first kappa shape index (κ1) is 10.9. The molecule has 0 aliphatic carbocycles. The molecule has 1 heterocycles. The van der Waals surface area contributed by atoms with Gasteiger partial charge in [0.25, 0.3) is 0 Å². The van der Waals surface area contributed by atoms with Gasteiger partial charge in [-0.3, -0.25) is 4.21 Å². The van der Waals surface area contributed by atoms with E-state index in [1.165, 1.54) is 0 Å². The maximum absolute atomic E-state index is 10.7. The number of aromatic nitrogens is 2. The van der Waals surface area contributed by atoms with Crippen LogP contribution in [-0.2, 0) is 10.8 Å². The van der Waals surface area contributed by atoms with Crippen LogP contribution in [0.5, 0.6) is 0 Å². The van der Waals surface area contributed by atoms with Crippen LogP contribution in [0, 0.1) is 0 Å². The molecule has 0 saturated heterocycles. The maximum atomic E-state index is 10.7. The first-order chi connectivity index (χ1) is 6.68. The van der Waals surface area contributed by atoms with Crippen LogP contribution in [0.25, 0.3) is 0 Å². The molecular formula is C8H14N4OS. The lowest BCUT2D eigenvalue weighted by molar-refractivity contribution is 0.685. The van der Waals surface area contributed by atoms with Gasteiger partial charge in [0.2, 0.25) is 5.95 Å². The lowest BCUT2D eigenvalue weighted by atomic mass is 10.5. The smallest absolute Gasteiger partial charge is 0.222 e. The van der Waals surface area contributed by atoms with E-state index in [1.54, 1.807) is 18.6 Å². The topological polar surface area (TPSA) is 80.9 Å². The van der Waals surface area contributed by atoms with Gasteiger partial charge in [0.15, 0.2) is 0 Å². The van der Waals surface area contributed by atoms with E-state index in [-0.39, 0.29) is 0 Å². The fourth-order valence-corrected chi connectivity index (χ4v) is 1.46. The first-order valence-electron chi connectivity index (χ1n) is 4.30. The first-order valence-corrected chi connectivity index (χ1v) is 6.02. The average molecular weight is 214 g/mol. The molecule has 1 aromatic rings. The summed E-state index contributed by atoms with van der Waals surface area (Å²) in [5.41, 5.74) is 5.97. The molecule has 0 fully saturated rings. The van der Waals surface area contributed by atoms with Crippen molar-refractivity contribution < 1.29 is 4.21 Å². The van der Waals surface area contributed by atoms with E-state index < -0.39 is 10.8 Å². The summed E-state index contributed by atoms with van der Waals surface area (Å²) in [7, 11) is -0.728. The van der Waals surface area contributed by atoms with Crippen molar-refractivity contribution in [2.45, 2.75) is 6.42 Å². The largest absolute Gasteiger partial charge is 0.396 e. The van der Waals surface area contributed by atoms with E-state index in [4.69, 9.17) is 5.73 Å². The van der Waals surface area contributed by atoms with E-state index in [1.807, 2.05) is 0 Å². The summed E-state index contributed by atoms with van der Waals surface area (Å²) in [4.78, 5) is 7.94. The third kappa shape index (κ3) is 4.18. The second kappa shape index (κ2) is 5.54. The van der Waals surface area contributed by atoms with Crippen LogP contribution in [0.1, 0.15) is 6.42 Å². The molecule has 6 heteroatoms. The molecule has 3 N–H and O–H groups in total. The minimum Gasteiger partial charge on any atom is -0.396 e. The Morgan fingerprint density at radius 2 is 2.14 bits per heavy atom. The van der Waals surface area contributed by atoms with E-state index in [0.29, 0.717) is 17.4 Å². The van der Waals surface area contributed by atoms with Crippen molar-refractivity contribution in [2.24, 2.45) is 0 Å². The molecule has 0 radical (unpaired) electrons. The van der Waals surface area contributed by atoms with Crippen molar-refractivity contribution in [3.63, 3.8) is 0 Å². The fraction of sp³-hybridized carbons (Fsp3) is 0.500. The van der Waals surface area contributed by atoms with Gasteiger partial charge < -0.3 is 11.1 Å². The fourth-order valence-electron chi connectivity index (χ4n) is 0.905. The van der Waals surface area contributed by atoms with Gasteiger partial charge in [-0.15, -0.1) is 0 Å². The molecule has 14 heavy (non-hydrogen) atoms. The molecule has 1 aromatic heterocycles. The van der Waals surface area contributed by atoms with Gasteiger partial charge in [-0.2, -0.15) is 0 Å². The van der Waals surface area contributed by atoms with Crippen molar-refractivity contribution in [1.29, 1.82) is 0 Å². The summed E-state index contributed by atoms with van der Waals surface area (Å²) >= 11 is 0. The van der Waals surface area contributed by atoms with E-state index in [0.717, 1.165) is 13.0 Å². The van der Waals surface area contributed by atoms with Crippen LogP contribution in [0.3, 0.4) is 0 Å². The molecule has 0 bridgehead atoms. The normalized spacial score (nSPS) is 12.4. The Labute approximate surface area is 85.6 Å². The second-order valence-corrected chi connectivity index (χ2v) is 4.45. The summed E-state index contributed by atoms with van der Waals surface area (Å²) < 4.78 is 10.7. The van der Waals surface area contributed by atoms with Crippen LogP contribution in [0.15, 0.2) is 12.4 Å². The minimum absolute atomic E-state index is 0.546. The van der Waals surface area contributed by atoms with Crippen molar-refractivity contribution in [3.8, 4) is 0 Å². The minimum atomic E-state index is -0.728. The van der Waals surface area contributed by atoms with E-state index in [9.17, 15) is 4.21 Å². The molecule has 1 unspecified atom stereocenters. The number of nitrogens with two attached hydrogens (primary N) is 1. The van der Waals surface area contributed by atoms with Crippen molar-refractivity contribution in [3.05, 3.63) is 12.4 Å². The summed E-state index contributed by atoms with van der Waals surface area (Å²) in [5.74, 6) is 1.25. The van der Waals surface area contributed by atoms with Gasteiger partial charge in [-0.1, -0.05) is 0 Å². The Morgan fingerprint density at radius 3 is 2.71 bits per heavy atom. The number of rotatable bonds is 5. The quantitative estimate of drug-likeness (QED) is 0.686. The SMILES string of the molecule is CS(=O)CCCNc1ncc(N)cn1. The predicted molar refractivity (Wildman–Crippen MR) is 58.5 cm³/mol. The van der Waals surface area contributed by atoms with Crippen LogP contribution < -0.4 is 11.1 Å². The van der Waals surface area contributed by atoms with Gasteiger partial charge in [-0.05, 0) is 6.42 Å². The molecule has 0 amide bonds. The number of nitrogens with zero attached hydrogens (tertiary/aromatic N) is 2. The highest BCUT2D eigenvalue weighted by molar-refractivity contribution is 7.84. The Kier molecular flexibility index (Phi) is 4.31.